The number of aromatic amines is 1. The van der Waals surface area contributed by atoms with Crippen molar-refractivity contribution in [3.63, 3.8) is 0 Å². The molecule has 0 aliphatic rings. The molecule has 13 heteroatoms. The number of rotatable bonds is 12. The van der Waals surface area contributed by atoms with Crippen molar-refractivity contribution in [3.05, 3.63) is 48.0 Å². The Labute approximate surface area is 194 Å². The van der Waals surface area contributed by atoms with Gasteiger partial charge >= 0.3 is 5.97 Å². The van der Waals surface area contributed by atoms with Crippen LogP contribution >= 0.6 is 12.6 Å². The van der Waals surface area contributed by atoms with Gasteiger partial charge < -0.3 is 36.9 Å². The van der Waals surface area contributed by atoms with Crippen molar-refractivity contribution >= 4 is 36.3 Å². The molecule has 0 spiro atoms. The molecule has 0 aliphatic heterocycles. The first kappa shape index (κ1) is 25.7. The number of imidazole rings is 1. The summed E-state index contributed by atoms with van der Waals surface area (Å²) in [6, 6.07) is 2.59. The Morgan fingerprint density at radius 1 is 1.06 bits per heavy atom. The summed E-state index contributed by atoms with van der Waals surface area (Å²) in [7, 11) is 0. The third-order valence-electron chi connectivity index (χ3n) is 4.58. The fraction of sp³-hybridized carbons (Fsp3) is 0.350. The van der Waals surface area contributed by atoms with Gasteiger partial charge in [0, 0.05) is 30.5 Å². The second-order valence-corrected chi connectivity index (χ2v) is 7.54. The number of carbonyl (C=O) groups excluding carboxylic acids is 3. The summed E-state index contributed by atoms with van der Waals surface area (Å²) in [5.41, 5.74) is 6.64. The molecule has 178 valence electrons. The van der Waals surface area contributed by atoms with E-state index in [4.69, 9.17) is 5.73 Å². The van der Waals surface area contributed by atoms with Crippen molar-refractivity contribution in [3.8, 4) is 5.75 Å². The minimum Gasteiger partial charge on any atom is -0.508 e. The summed E-state index contributed by atoms with van der Waals surface area (Å²) in [4.78, 5) is 55.3. The zero-order valence-corrected chi connectivity index (χ0v) is 18.4. The summed E-state index contributed by atoms with van der Waals surface area (Å²) >= 11 is 3.91. The number of nitrogens with two attached hydrogens (primary N) is 1. The van der Waals surface area contributed by atoms with Crippen molar-refractivity contribution in [2.75, 3.05) is 12.3 Å². The number of thiol groups is 1. The molecule has 0 saturated heterocycles. The van der Waals surface area contributed by atoms with Crippen molar-refractivity contribution in [2.45, 2.75) is 31.0 Å². The SMILES string of the molecule is NC(CS)C(=O)NCC(=O)NC(Cc1cnc[nH]1)C(=O)NC(Cc1ccc(O)cc1)C(=O)O. The quantitative estimate of drug-likeness (QED) is 0.165. The van der Waals surface area contributed by atoms with Gasteiger partial charge in [-0.15, -0.1) is 0 Å². The maximum Gasteiger partial charge on any atom is 0.326 e. The monoisotopic (exact) mass is 478 g/mol. The summed E-state index contributed by atoms with van der Waals surface area (Å²) in [6.45, 7) is -0.428. The number of amides is 3. The van der Waals surface area contributed by atoms with Gasteiger partial charge in [0.25, 0.3) is 0 Å². The number of carboxylic acids is 1. The third kappa shape index (κ3) is 8.46. The molecular formula is C20H26N6O6S. The molecule has 2 rings (SSSR count). The van der Waals surface area contributed by atoms with Crippen LogP contribution in [0.3, 0.4) is 0 Å². The van der Waals surface area contributed by atoms with Crippen LogP contribution < -0.4 is 21.7 Å². The number of hydrogen-bond acceptors (Lipinski definition) is 8. The number of carboxylic acid groups (broad SMARTS) is 1. The Morgan fingerprint density at radius 3 is 2.33 bits per heavy atom. The number of hydrogen-bond donors (Lipinski definition) is 8. The molecule has 0 fully saturated rings. The summed E-state index contributed by atoms with van der Waals surface area (Å²) in [6.07, 6.45) is 2.83. The van der Waals surface area contributed by atoms with E-state index in [0.29, 0.717) is 11.3 Å². The minimum atomic E-state index is -1.28. The average molecular weight is 479 g/mol. The van der Waals surface area contributed by atoms with E-state index in [0.717, 1.165) is 0 Å². The van der Waals surface area contributed by atoms with Gasteiger partial charge in [0.1, 0.15) is 17.8 Å². The summed E-state index contributed by atoms with van der Waals surface area (Å²) < 4.78 is 0. The van der Waals surface area contributed by atoms with E-state index in [-0.39, 0.29) is 24.3 Å². The highest BCUT2D eigenvalue weighted by Gasteiger charge is 2.27. The van der Waals surface area contributed by atoms with E-state index < -0.39 is 48.4 Å². The first-order valence-electron chi connectivity index (χ1n) is 9.91. The van der Waals surface area contributed by atoms with E-state index in [1.807, 2.05) is 0 Å². The normalized spacial score (nSPS) is 13.4. The maximum atomic E-state index is 12.9. The Balaban J connectivity index is 2.06. The van der Waals surface area contributed by atoms with Crippen LogP contribution in [0.5, 0.6) is 5.75 Å². The molecule has 2 aromatic rings. The Kier molecular flexibility index (Phi) is 9.69. The minimum absolute atomic E-state index is 0.00716. The van der Waals surface area contributed by atoms with Gasteiger partial charge in [-0.05, 0) is 17.7 Å². The number of H-pyrrole nitrogens is 1. The van der Waals surface area contributed by atoms with E-state index in [1.54, 1.807) is 12.1 Å². The van der Waals surface area contributed by atoms with Crippen LogP contribution in [0.2, 0.25) is 0 Å². The van der Waals surface area contributed by atoms with Gasteiger partial charge in [-0.25, -0.2) is 9.78 Å². The van der Waals surface area contributed by atoms with Gasteiger partial charge in [-0.1, -0.05) is 12.1 Å². The lowest BCUT2D eigenvalue weighted by Crippen LogP contribution is -2.55. The van der Waals surface area contributed by atoms with Crippen molar-refractivity contribution in [1.82, 2.24) is 25.9 Å². The number of phenolic OH excluding ortho intramolecular Hbond substituents is 1. The number of aliphatic carboxylic acids is 1. The molecule has 1 aromatic heterocycles. The fourth-order valence-corrected chi connectivity index (χ4v) is 2.96. The lowest BCUT2D eigenvalue weighted by molar-refractivity contribution is -0.142. The first-order valence-corrected chi connectivity index (χ1v) is 10.5. The predicted octanol–water partition coefficient (Wildman–Crippen LogP) is -1.67. The molecule has 1 aromatic carbocycles. The van der Waals surface area contributed by atoms with Crippen molar-refractivity contribution < 1.29 is 29.4 Å². The van der Waals surface area contributed by atoms with Crippen LogP contribution in [0, 0.1) is 0 Å². The molecule has 3 unspecified atom stereocenters. The standard InChI is InChI=1S/C20H26N6O6S/c21-14(9-33)18(29)23-8-17(28)25-15(6-12-7-22-10-24-12)19(30)26-16(20(31)32)5-11-1-3-13(27)4-2-11/h1-4,7,10,14-16,27,33H,5-6,8-9,21H2,(H,22,24)(H,23,29)(H,25,28)(H,26,30)(H,31,32). The Hall–Kier alpha value is -3.58. The molecular weight excluding hydrogens is 452 g/mol. The lowest BCUT2D eigenvalue weighted by Gasteiger charge is -2.21. The number of phenols is 1. The molecule has 0 bridgehead atoms. The van der Waals surface area contributed by atoms with Crippen LogP contribution in [-0.4, -0.2) is 74.3 Å². The number of nitrogens with zero attached hydrogens (tertiary/aromatic N) is 1. The number of benzene rings is 1. The van der Waals surface area contributed by atoms with Gasteiger partial charge in [0.05, 0.1) is 18.9 Å². The molecule has 1 heterocycles. The number of nitrogens with one attached hydrogen (secondary N) is 4. The van der Waals surface area contributed by atoms with E-state index in [1.165, 1.54) is 24.7 Å². The summed E-state index contributed by atoms with van der Waals surface area (Å²) in [5, 5.41) is 26.2. The molecule has 8 N–H and O–H groups in total. The smallest absolute Gasteiger partial charge is 0.326 e. The fourth-order valence-electron chi connectivity index (χ4n) is 2.79. The molecule has 0 aliphatic carbocycles. The van der Waals surface area contributed by atoms with Crippen LogP contribution in [0.15, 0.2) is 36.8 Å². The highest BCUT2D eigenvalue weighted by molar-refractivity contribution is 7.80. The zero-order chi connectivity index (χ0) is 24.4. The van der Waals surface area contributed by atoms with Crippen LogP contribution in [0.4, 0.5) is 0 Å². The Bertz CT molecular complexity index is 952. The number of aromatic hydroxyl groups is 1. The average Bonchev–Trinajstić information content (AvgIpc) is 3.30. The second-order valence-electron chi connectivity index (χ2n) is 7.18. The molecule has 3 amide bonds. The highest BCUT2D eigenvalue weighted by Crippen LogP contribution is 2.12. The van der Waals surface area contributed by atoms with Gasteiger partial charge in [0.2, 0.25) is 17.7 Å². The largest absolute Gasteiger partial charge is 0.508 e. The van der Waals surface area contributed by atoms with Gasteiger partial charge in [-0.3, -0.25) is 14.4 Å². The lowest BCUT2D eigenvalue weighted by atomic mass is 10.0. The van der Waals surface area contributed by atoms with Gasteiger partial charge in [0.15, 0.2) is 0 Å². The first-order chi connectivity index (χ1) is 15.7. The van der Waals surface area contributed by atoms with E-state index in [9.17, 15) is 29.4 Å². The zero-order valence-electron chi connectivity index (χ0n) is 17.5. The molecule has 12 nitrogen and oxygen atoms in total. The number of carbonyl (C=O) groups is 4. The molecule has 0 radical (unpaired) electrons. The van der Waals surface area contributed by atoms with Crippen LogP contribution in [0.25, 0.3) is 0 Å². The highest BCUT2D eigenvalue weighted by atomic mass is 32.1. The molecule has 33 heavy (non-hydrogen) atoms. The number of aromatic nitrogens is 2. The topological polar surface area (TPSA) is 200 Å². The van der Waals surface area contributed by atoms with Gasteiger partial charge in [-0.2, -0.15) is 12.6 Å². The summed E-state index contributed by atoms with van der Waals surface area (Å²) in [5.74, 6) is -3.12. The van der Waals surface area contributed by atoms with Crippen molar-refractivity contribution in [1.29, 1.82) is 0 Å². The van der Waals surface area contributed by atoms with Crippen molar-refractivity contribution in [2.24, 2.45) is 5.73 Å². The Morgan fingerprint density at radius 2 is 1.76 bits per heavy atom. The molecule has 0 saturated carbocycles. The molecule has 3 atom stereocenters. The third-order valence-corrected chi connectivity index (χ3v) is 4.97. The second kappa shape index (κ2) is 12.5. The maximum absolute atomic E-state index is 12.9. The van der Waals surface area contributed by atoms with E-state index in [2.05, 4.69) is 38.5 Å². The van der Waals surface area contributed by atoms with Crippen LogP contribution in [0.1, 0.15) is 11.3 Å². The van der Waals surface area contributed by atoms with Crippen LogP contribution in [-0.2, 0) is 32.0 Å². The predicted molar refractivity (Wildman–Crippen MR) is 120 cm³/mol. The van der Waals surface area contributed by atoms with E-state index >= 15 is 0 Å².